The second kappa shape index (κ2) is 7.77. The molecule has 0 radical (unpaired) electrons. The van der Waals surface area contributed by atoms with Gasteiger partial charge in [0, 0.05) is 11.4 Å². The van der Waals surface area contributed by atoms with Crippen molar-refractivity contribution in [1.82, 2.24) is 4.90 Å². The lowest BCUT2D eigenvalue weighted by Crippen LogP contribution is -2.48. The Labute approximate surface area is 144 Å². The quantitative estimate of drug-likeness (QED) is 0.833. The molecule has 0 N–H and O–H groups in total. The van der Waals surface area contributed by atoms with Crippen molar-refractivity contribution < 1.29 is 18.7 Å². The van der Waals surface area contributed by atoms with E-state index in [2.05, 4.69) is 0 Å². The van der Waals surface area contributed by atoms with E-state index in [-0.39, 0.29) is 30.2 Å². The molecule has 1 amide bonds. The molecule has 0 saturated carbocycles. The highest BCUT2D eigenvalue weighted by atomic mass is 32.1. The number of benzene rings is 1. The second-order valence-electron chi connectivity index (χ2n) is 5.83. The Bertz CT molecular complexity index is 690. The van der Waals surface area contributed by atoms with Crippen molar-refractivity contribution in [2.24, 2.45) is 0 Å². The third kappa shape index (κ3) is 4.33. The number of thiophene rings is 1. The summed E-state index contributed by atoms with van der Waals surface area (Å²) in [5.74, 6) is -0.0739. The van der Waals surface area contributed by atoms with Gasteiger partial charge in [-0.3, -0.25) is 4.79 Å². The number of rotatable bonds is 5. The number of halogens is 1. The monoisotopic (exact) mass is 349 g/mol. The normalized spacial score (nSPS) is 17.8. The van der Waals surface area contributed by atoms with Crippen LogP contribution in [0.5, 0.6) is 5.75 Å². The Balaban J connectivity index is 1.53. The lowest BCUT2D eigenvalue weighted by molar-refractivity contribution is -0.139. The lowest BCUT2D eigenvalue weighted by Gasteiger charge is -2.32. The number of hydrogen-bond donors (Lipinski definition) is 0. The van der Waals surface area contributed by atoms with Gasteiger partial charge in [0.1, 0.15) is 12.7 Å². The van der Waals surface area contributed by atoms with Crippen LogP contribution in [0.15, 0.2) is 35.7 Å². The molecule has 6 heteroatoms. The molecule has 1 aromatic carbocycles. The van der Waals surface area contributed by atoms with E-state index in [1.807, 2.05) is 24.4 Å². The molecular formula is C18H20FNO3S. The highest BCUT2D eigenvalue weighted by Gasteiger charge is 2.25. The minimum atomic E-state index is -0.387. The predicted molar refractivity (Wildman–Crippen MR) is 91.0 cm³/mol. The maximum atomic E-state index is 13.7. The van der Waals surface area contributed by atoms with Gasteiger partial charge in [0.2, 0.25) is 5.91 Å². The molecule has 1 fully saturated rings. The molecule has 1 aromatic heterocycles. The number of aryl methyl sites for hydroxylation is 1. The van der Waals surface area contributed by atoms with Crippen molar-refractivity contribution in [1.29, 1.82) is 0 Å². The molecule has 0 aliphatic carbocycles. The molecule has 3 rings (SSSR count). The number of nitrogens with zero attached hydrogens (tertiary/aromatic N) is 1. The van der Waals surface area contributed by atoms with Gasteiger partial charge >= 0.3 is 0 Å². The van der Waals surface area contributed by atoms with Crippen LogP contribution < -0.4 is 4.74 Å². The molecule has 128 valence electrons. The SMILES string of the molecule is Cc1ccc(F)c(OC[C@H]2CN(C(=O)Cc3cccs3)CCO2)c1. The second-order valence-corrected chi connectivity index (χ2v) is 6.87. The predicted octanol–water partition coefficient (Wildman–Crippen LogP) is 3.04. The maximum absolute atomic E-state index is 13.7. The Morgan fingerprint density at radius 3 is 3.12 bits per heavy atom. The van der Waals surface area contributed by atoms with E-state index in [0.717, 1.165) is 10.4 Å². The zero-order valence-corrected chi connectivity index (χ0v) is 14.4. The van der Waals surface area contributed by atoms with Crippen LogP contribution in [0, 0.1) is 12.7 Å². The minimum absolute atomic E-state index is 0.0903. The first-order chi connectivity index (χ1) is 11.6. The standard InChI is InChI=1S/C18H20FNO3S/c1-13-4-5-16(19)17(9-13)23-12-14-11-20(6-7-22-14)18(21)10-15-3-2-8-24-15/h2-5,8-9,14H,6-7,10-12H2,1H3/t14-/m1/s1. The van der Waals surface area contributed by atoms with E-state index in [9.17, 15) is 9.18 Å². The Kier molecular flexibility index (Phi) is 5.48. The average Bonchev–Trinajstić information content (AvgIpc) is 3.09. The van der Waals surface area contributed by atoms with E-state index < -0.39 is 0 Å². The van der Waals surface area contributed by atoms with Gasteiger partial charge in [-0.05, 0) is 36.1 Å². The Morgan fingerprint density at radius 2 is 2.33 bits per heavy atom. The molecule has 1 aliphatic rings. The van der Waals surface area contributed by atoms with Crippen LogP contribution >= 0.6 is 11.3 Å². The molecular weight excluding hydrogens is 329 g/mol. The number of ether oxygens (including phenoxy) is 2. The molecule has 24 heavy (non-hydrogen) atoms. The van der Waals surface area contributed by atoms with Crippen LogP contribution in [-0.2, 0) is 16.0 Å². The summed E-state index contributed by atoms with van der Waals surface area (Å²) >= 11 is 1.58. The zero-order chi connectivity index (χ0) is 16.9. The Hall–Kier alpha value is -1.92. The van der Waals surface area contributed by atoms with Crippen LogP contribution in [-0.4, -0.2) is 43.2 Å². The van der Waals surface area contributed by atoms with Gasteiger partial charge in [0.05, 0.1) is 19.6 Å². The largest absolute Gasteiger partial charge is 0.488 e. The molecule has 4 nitrogen and oxygen atoms in total. The summed E-state index contributed by atoms with van der Waals surface area (Å²) in [6, 6.07) is 8.66. The molecule has 1 atom stereocenters. The molecule has 1 saturated heterocycles. The third-order valence-corrected chi connectivity index (χ3v) is 4.78. The highest BCUT2D eigenvalue weighted by Crippen LogP contribution is 2.19. The van der Waals surface area contributed by atoms with Crippen molar-refractivity contribution in [2.45, 2.75) is 19.4 Å². The zero-order valence-electron chi connectivity index (χ0n) is 13.5. The third-order valence-electron chi connectivity index (χ3n) is 3.91. The summed E-state index contributed by atoms with van der Waals surface area (Å²) in [4.78, 5) is 15.2. The number of morpholine rings is 1. The van der Waals surface area contributed by atoms with Gasteiger partial charge in [-0.25, -0.2) is 4.39 Å². The maximum Gasteiger partial charge on any atom is 0.227 e. The van der Waals surface area contributed by atoms with Gasteiger partial charge in [-0.2, -0.15) is 0 Å². The smallest absolute Gasteiger partial charge is 0.227 e. The van der Waals surface area contributed by atoms with Crippen molar-refractivity contribution in [3.05, 3.63) is 52.0 Å². The topological polar surface area (TPSA) is 38.8 Å². The minimum Gasteiger partial charge on any atom is -0.488 e. The van der Waals surface area contributed by atoms with Crippen LogP contribution in [0.4, 0.5) is 4.39 Å². The van der Waals surface area contributed by atoms with Crippen LogP contribution in [0.3, 0.4) is 0 Å². The molecule has 2 aromatic rings. The van der Waals surface area contributed by atoms with Gasteiger partial charge in [0.25, 0.3) is 0 Å². The molecule has 0 bridgehead atoms. The first-order valence-corrected chi connectivity index (χ1v) is 8.80. The highest BCUT2D eigenvalue weighted by molar-refractivity contribution is 7.10. The van der Waals surface area contributed by atoms with Crippen molar-refractivity contribution in [3.8, 4) is 5.75 Å². The number of hydrogen-bond acceptors (Lipinski definition) is 4. The fourth-order valence-corrected chi connectivity index (χ4v) is 3.32. The lowest BCUT2D eigenvalue weighted by atomic mass is 10.2. The number of amides is 1. The van der Waals surface area contributed by atoms with Gasteiger partial charge in [-0.1, -0.05) is 12.1 Å². The van der Waals surface area contributed by atoms with Crippen LogP contribution in [0.2, 0.25) is 0 Å². The summed E-state index contributed by atoms with van der Waals surface area (Å²) in [6.45, 7) is 3.63. The van der Waals surface area contributed by atoms with E-state index >= 15 is 0 Å². The fraction of sp³-hybridized carbons (Fsp3) is 0.389. The summed E-state index contributed by atoms with van der Waals surface area (Å²) in [7, 11) is 0. The first-order valence-electron chi connectivity index (χ1n) is 7.92. The van der Waals surface area contributed by atoms with Crippen LogP contribution in [0.1, 0.15) is 10.4 Å². The van der Waals surface area contributed by atoms with Crippen LogP contribution in [0.25, 0.3) is 0 Å². The molecule has 0 unspecified atom stereocenters. The fourth-order valence-electron chi connectivity index (χ4n) is 2.62. The summed E-state index contributed by atoms with van der Waals surface area (Å²) in [5.41, 5.74) is 0.934. The van der Waals surface area contributed by atoms with E-state index in [1.165, 1.54) is 6.07 Å². The Morgan fingerprint density at radius 1 is 1.46 bits per heavy atom. The van der Waals surface area contributed by atoms with Gasteiger partial charge < -0.3 is 14.4 Å². The van der Waals surface area contributed by atoms with E-state index in [1.54, 1.807) is 28.4 Å². The summed E-state index contributed by atoms with van der Waals surface area (Å²) < 4.78 is 24.9. The van der Waals surface area contributed by atoms with E-state index in [0.29, 0.717) is 26.1 Å². The van der Waals surface area contributed by atoms with E-state index in [4.69, 9.17) is 9.47 Å². The molecule has 2 heterocycles. The van der Waals surface area contributed by atoms with Crippen molar-refractivity contribution in [3.63, 3.8) is 0 Å². The van der Waals surface area contributed by atoms with Crippen molar-refractivity contribution in [2.75, 3.05) is 26.3 Å². The summed E-state index contributed by atoms with van der Waals surface area (Å²) in [6.07, 6.45) is 0.170. The van der Waals surface area contributed by atoms with Gasteiger partial charge in [-0.15, -0.1) is 11.3 Å². The average molecular weight is 349 g/mol. The number of carbonyl (C=O) groups is 1. The first kappa shape index (κ1) is 16.9. The molecule has 0 spiro atoms. The number of carbonyl (C=O) groups excluding carboxylic acids is 1. The van der Waals surface area contributed by atoms with Crippen molar-refractivity contribution >= 4 is 17.2 Å². The molecule has 1 aliphatic heterocycles. The summed E-state index contributed by atoms with van der Waals surface area (Å²) in [5, 5.41) is 1.97. The van der Waals surface area contributed by atoms with Gasteiger partial charge in [0.15, 0.2) is 11.6 Å².